The van der Waals surface area contributed by atoms with E-state index in [9.17, 15) is 4.79 Å². The number of aromatic nitrogens is 2. The van der Waals surface area contributed by atoms with Crippen molar-refractivity contribution in [3.63, 3.8) is 0 Å². The molecule has 0 bridgehead atoms. The smallest absolute Gasteiger partial charge is 0.208 e. The van der Waals surface area contributed by atoms with Gasteiger partial charge >= 0.3 is 0 Å². The summed E-state index contributed by atoms with van der Waals surface area (Å²) in [6.45, 7) is 1.88. The van der Waals surface area contributed by atoms with Gasteiger partial charge in [-0.2, -0.15) is 0 Å². The van der Waals surface area contributed by atoms with Gasteiger partial charge < -0.3 is 10.1 Å². The maximum absolute atomic E-state index is 11.6. The Bertz CT molecular complexity index is 323. The lowest BCUT2D eigenvalue weighted by Gasteiger charge is -2.08. The molecular weight excluding hydrogens is 194 g/mol. The number of hydrogen-bond donors (Lipinski definition) is 1. The second-order valence-corrected chi connectivity index (χ2v) is 3.44. The molecule has 1 N–H and O–H groups in total. The minimum atomic E-state index is -0.116. The van der Waals surface area contributed by atoms with Crippen LogP contribution in [0.4, 0.5) is 0 Å². The van der Waals surface area contributed by atoms with Crippen LogP contribution in [0.3, 0.4) is 0 Å². The van der Waals surface area contributed by atoms with Gasteiger partial charge in [0, 0.05) is 18.9 Å². The topological polar surface area (TPSA) is 64.1 Å². The summed E-state index contributed by atoms with van der Waals surface area (Å²) >= 11 is 0. The lowest BCUT2D eigenvalue weighted by Crippen LogP contribution is -2.21. The standard InChI is InChI=1S/C10H13N3O2/c14-10(9-6-12-3-4-13-9)7-15-8-1-2-11-5-8/h3-4,6,8,11H,1-2,5,7H2/t8-/m1/s1. The molecule has 1 aliphatic rings. The van der Waals surface area contributed by atoms with Gasteiger partial charge in [0.15, 0.2) is 0 Å². The second-order valence-electron chi connectivity index (χ2n) is 3.44. The monoisotopic (exact) mass is 207 g/mol. The van der Waals surface area contributed by atoms with Crippen molar-refractivity contribution in [3.05, 3.63) is 24.3 Å². The Labute approximate surface area is 87.9 Å². The zero-order valence-electron chi connectivity index (χ0n) is 8.35. The first kappa shape index (κ1) is 10.2. The second kappa shape index (κ2) is 4.95. The van der Waals surface area contributed by atoms with Crippen molar-refractivity contribution in [2.24, 2.45) is 0 Å². The van der Waals surface area contributed by atoms with E-state index >= 15 is 0 Å². The zero-order valence-corrected chi connectivity index (χ0v) is 8.35. The first-order valence-electron chi connectivity index (χ1n) is 4.98. The van der Waals surface area contributed by atoms with Crippen LogP contribution >= 0.6 is 0 Å². The molecular formula is C10H13N3O2. The van der Waals surface area contributed by atoms with Crippen LogP contribution < -0.4 is 5.32 Å². The summed E-state index contributed by atoms with van der Waals surface area (Å²) in [7, 11) is 0. The molecule has 5 heteroatoms. The highest BCUT2D eigenvalue weighted by Crippen LogP contribution is 2.04. The summed E-state index contributed by atoms with van der Waals surface area (Å²) in [4.78, 5) is 19.3. The molecule has 0 spiro atoms. The van der Waals surface area contributed by atoms with E-state index in [1.54, 1.807) is 6.20 Å². The number of nitrogens with one attached hydrogen (secondary N) is 1. The number of rotatable bonds is 4. The van der Waals surface area contributed by atoms with Crippen LogP contribution in [-0.2, 0) is 4.74 Å². The summed E-state index contributed by atoms with van der Waals surface area (Å²) in [6.07, 6.45) is 5.63. The highest BCUT2D eigenvalue weighted by Gasteiger charge is 2.17. The fourth-order valence-electron chi connectivity index (χ4n) is 1.48. The van der Waals surface area contributed by atoms with Crippen LogP contribution in [0, 0.1) is 0 Å². The molecule has 0 saturated carbocycles. The van der Waals surface area contributed by atoms with Gasteiger partial charge in [-0.25, -0.2) is 4.98 Å². The van der Waals surface area contributed by atoms with Crippen LogP contribution in [-0.4, -0.2) is 41.6 Å². The molecule has 0 amide bonds. The van der Waals surface area contributed by atoms with Gasteiger partial charge in [0.2, 0.25) is 5.78 Å². The molecule has 0 radical (unpaired) electrons. The third kappa shape index (κ3) is 2.81. The van der Waals surface area contributed by atoms with E-state index < -0.39 is 0 Å². The van der Waals surface area contributed by atoms with Crippen molar-refractivity contribution >= 4 is 5.78 Å². The number of ether oxygens (including phenoxy) is 1. The van der Waals surface area contributed by atoms with Gasteiger partial charge in [-0.1, -0.05) is 0 Å². The predicted molar refractivity (Wildman–Crippen MR) is 53.6 cm³/mol. The number of ketones is 1. The van der Waals surface area contributed by atoms with Gasteiger partial charge in [-0.05, 0) is 13.0 Å². The largest absolute Gasteiger partial charge is 0.369 e. The Hall–Kier alpha value is -1.33. The van der Waals surface area contributed by atoms with Crippen LogP contribution in [0.15, 0.2) is 18.6 Å². The minimum Gasteiger partial charge on any atom is -0.369 e. The number of Topliss-reactive ketones (excluding diaryl/α,β-unsaturated/α-hetero) is 1. The van der Waals surface area contributed by atoms with Crippen LogP contribution in [0.1, 0.15) is 16.9 Å². The van der Waals surface area contributed by atoms with Crippen LogP contribution in [0.2, 0.25) is 0 Å². The van der Waals surface area contributed by atoms with E-state index in [0.717, 1.165) is 19.5 Å². The predicted octanol–water partition coefficient (Wildman–Crippen LogP) is 0.0378. The highest BCUT2D eigenvalue weighted by atomic mass is 16.5. The highest BCUT2D eigenvalue weighted by molar-refractivity contribution is 5.94. The van der Waals surface area contributed by atoms with Crippen molar-refractivity contribution in [2.75, 3.05) is 19.7 Å². The van der Waals surface area contributed by atoms with Gasteiger partial charge in [0.05, 0.1) is 12.3 Å². The van der Waals surface area contributed by atoms with Gasteiger partial charge in [0.25, 0.3) is 0 Å². The van der Waals surface area contributed by atoms with Gasteiger partial charge in [-0.15, -0.1) is 0 Å². The average Bonchev–Trinajstić information content (AvgIpc) is 2.80. The third-order valence-corrected chi connectivity index (χ3v) is 2.31. The molecule has 5 nitrogen and oxygen atoms in total. The van der Waals surface area contributed by atoms with Crippen molar-refractivity contribution in [3.8, 4) is 0 Å². The lowest BCUT2D eigenvalue weighted by molar-refractivity contribution is 0.0525. The van der Waals surface area contributed by atoms with Crippen molar-refractivity contribution in [2.45, 2.75) is 12.5 Å². The first-order valence-corrected chi connectivity index (χ1v) is 4.98. The van der Waals surface area contributed by atoms with Crippen molar-refractivity contribution < 1.29 is 9.53 Å². The molecule has 1 fully saturated rings. The Kier molecular flexibility index (Phi) is 3.37. The Balaban J connectivity index is 1.82. The molecule has 1 saturated heterocycles. The number of nitrogens with zero attached hydrogens (tertiary/aromatic N) is 2. The van der Waals surface area contributed by atoms with E-state index in [1.807, 2.05) is 0 Å². The first-order chi connectivity index (χ1) is 7.36. The Morgan fingerprint density at radius 2 is 2.53 bits per heavy atom. The summed E-state index contributed by atoms with van der Waals surface area (Å²) in [5, 5.41) is 3.17. The zero-order chi connectivity index (χ0) is 10.5. The molecule has 15 heavy (non-hydrogen) atoms. The molecule has 2 rings (SSSR count). The van der Waals surface area contributed by atoms with Gasteiger partial charge in [-0.3, -0.25) is 9.78 Å². The van der Waals surface area contributed by atoms with Gasteiger partial charge in [0.1, 0.15) is 12.3 Å². The quantitative estimate of drug-likeness (QED) is 0.706. The fraction of sp³-hybridized carbons (Fsp3) is 0.500. The SMILES string of the molecule is O=C(CO[C@@H]1CCNC1)c1cnccn1. The molecule has 1 aromatic heterocycles. The Morgan fingerprint density at radius 1 is 1.60 bits per heavy atom. The molecule has 2 heterocycles. The molecule has 0 aromatic carbocycles. The van der Waals surface area contributed by atoms with Crippen molar-refractivity contribution in [1.82, 2.24) is 15.3 Å². The summed E-state index contributed by atoms with van der Waals surface area (Å²) in [5.74, 6) is -0.116. The summed E-state index contributed by atoms with van der Waals surface area (Å²) in [5.41, 5.74) is 0.364. The number of hydrogen-bond acceptors (Lipinski definition) is 5. The fourth-order valence-corrected chi connectivity index (χ4v) is 1.48. The third-order valence-electron chi connectivity index (χ3n) is 2.31. The maximum atomic E-state index is 11.6. The van der Waals surface area contributed by atoms with Crippen molar-refractivity contribution in [1.29, 1.82) is 0 Å². The van der Waals surface area contributed by atoms with E-state index in [4.69, 9.17) is 4.74 Å². The molecule has 1 aromatic rings. The van der Waals surface area contributed by atoms with E-state index in [2.05, 4.69) is 15.3 Å². The molecule has 1 atom stereocenters. The van der Waals surface area contributed by atoms with E-state index in [0.29, 0.717) is 5.69 Å². The molecule has 80 valence electrons. The molecule has 0 unspecified atom stereocenters. The molecule has 1 aliphatic heterocycles. The number of carbonyl (C=O) groups excluding carboxylic acids is 1. The Morgan fingerprint density at radius 3 is 3.20 bits per heavy atom. The van der Waals surface area contributed by atoms with Crippen LogP contribution in [0.5, 0.6) is 0 Å². The number of carbonyl (C=O) groups is 1. The minimum absolute atomic E-state index is 0.0883. The maximum Gasteiger partial charge on any atom is 0.208 e. The summed E-state index contributed by atoms with van der Waals surface area (Å²) < 4.78 is 5.44. The lowest BCUT2D eigenvalue weighted by atomic mass is 10.3. The summed E-state index contributed by atoms with van der Waals surface area (Å²) in [6, 6.07) is 0. The molecule has 0 aliphatic carbocycles. The average molecular weight is 207 g/mol. The van der Waals surface area contributed by atoms with Crippen LogP contribution in [0.25, 0.3) is 0 Å². The van der Waals surface area contributed by atoms with E-state index in [-0.39, 0.29) is 18.5 Å². The van der Waals surface area contributed by atoms with E-state index in [1.165, 1.54) is 12.4 Å². The normalized spacial score (nSPS) is 20.4.